The Labute approximate surface area is 166 Å². The molecule has 27 heavy (non-hydrogen) atoms. The Morgan fingerprint density at radius 2 is 1.89 bits per heavy atom. The number of rotatable bonds is 4. The Hall–Kier alpha value is -2.28. The minimum absolute atomic E-state index is 0.204. The van der Waals surface area contributed by atoms with E-state index < -0.39 is 0 Å². The standard InChI is InChI=1S/C20H19ClN4OS/c21-17-3-1-13(2-4-17)15-9-16(11-23-10-15)19(26)25-20-24-12-18(27-20)14-5-7-22-8-6-14/h1-4,9-12,14,22H,5-8H2,(H,24,25,26). The molecule has 7 heteroatoms. The molecule has 3 heterocycles. The van der Waals surface area contributed by atoms with Crippen LogP contribution in [0.3, 0.4) is 0 Å². The fourth-order valence-electron chi connectivity index (χ4n) is 3.17. The number of benzene rings is 1. The van der Waals surface area contributed by atoms with Gasteiger partial charge in [-0.2, -0.15) is 0 Å². The molecule has 0 atom stereocenters. The molecule has 2 N–H and O–H groups in total. The maximum atomic E-state index is 12.6. The first-order valence-corrected chi connectivity index (χ1v) is 10.1. The van der Waals surface area contributed by atoms with E-state index in [2.05, 4.69) is 20.6 Å². The number of nitrogens with zero attached hydrogens (tertiary/aromatic N) is 2. The normalized spacial score (nSPS) is 14.9. The summed E-state index contributed by atoms with van der Waals surface area (Å²) in [5.41, 5.74) is 2.33. The van der Waals surface area contributed by atoms with E-state index in [4.69, 9.17) is 11.6 Å². The van der Waals surface area contributed by atoms with Gasteiger partial charge in [-0.3, -0.25) is 15.1 Å². The first-order valence-electron chi connectivity index (χ1n) is 8.88. The van der Waals surface area contributed by atoms with Crippen molar-refractivity contribution in [3.8, 4) is 11.1 Å². The third kappa shape index (κ3) is 4.35. The highest BCUT2D eigenvalue weighted by atomic mass is 35.5. The summed E-state index contributed by atoms with van der Waals surface area (Å²) < 4.78 is 0. The maximum Gasteiger partial charge on any atom is 0.259 e. The Kier molecular flexibility index (Phi) is 5.48. The molecule has 1 saturated heterocycles. The highest BCUT2D eigenvalue weighted by Crippen LogP contribution is 2.32. The molecule has 1 fully saturated rings. The van der Waals surface area contributed by atoms with Gasteiger partial charge < -0.3 is 5.32 Å². The smallest absolute Gasteiger partial charge is 0.259 e. The van der Waals surface area contributed by atoms with Crippen molar-refractivity contribution in [2.24, 2.45) is 0 Å². The number of nitrogens with one attached hydrogen (secondary N) is 2. The number of carbonyl (C=O) groups is 1. The molecule has 1 aliphatic rings. The van der Waals surface area contributed by atoms with Crippen molar-refractivity contribution in [1.29, 1.82) is 0 Å². The fourth-order valence-corrected chi connectivity index (χ4v) is 4.28. The Balaban J connectivity index is 1.48. The van der Waals surface area contributed by atoms with Crippen LogP contribution in [-0.2, 0) is 0 Å². The summed E-state index contributed by atoms with van der Waals surface area (Å²) in [6, 6.07) is 9.29. The molecular weight excluding hydrogens is 380 g/mol. The second-order valence-electron chi connectivity index (χ2n) is 6.52. The third-order valence-electron chi connectivity index (χ3n) is 4.66. The first-order chi connectivity index (χ1) is 13.2. The van der Waals surface area contributed by atoms with Gasteiger partial charge in [-0.1, -0.05) is 23.7 Å². The zero-order valence-electron chi connectivity index (χ0n) is 14.6. The van der Waals surface area contributed by atoms with Crippen molar-refractivity contribution in [1.82, 2.24) is 15.3 Å². The average Bonchev–Trinajstić information content (AvgIpc) is 3.18. The van der Waals surface area contributed by atoms with E-state index >= 15 is 0 Å². The van der Waals surface area contributed by atoms with Crippen LogP contribution >= 0.6 is 22.9 Å². The van der Waals surface area contributed by atoms with Crippen LogP contribution in [0.15, 0.2) is 48.9 Å². The largest absolute Gasteiger partial charge is 0.317 e. The number of carbonyl (C=O) groups excluding carboxylic acids is 1. The Morgan fingerprint density at radius 3 is 2.67 bits per heavy atom. The number of thiazole rings is 1. The molecule has 0 radical (unpaired) electrons. The Bertz CT molecular complexity index is 935. The molecule has 1 aromatic carbocycles. The minimum atomic E-state index is -0.204. The number of halogens is 1. The summed E-state index contributed by atoms with van der Waals surface area (Å²) >= 11 is 7.50. The summed E-state index contributed by atoms with van der Waals surface area (Å²) in [6.07, 6.45) is 7.42. The summed E-state index contributed by atoms with van der Waals surface area (Å²) in [5.74, 6) is 0.328. The SMILES string of the molecule is O=C(Nc1ncc(C2CCNCC2)s1)c1cncc(-c2ccc(Cl)cc2)c1. The lowest BCUT2D eigenvalue weighted by molar-refractivity contribution is 0.102. The van der Waals surface area contributed by atoms with Crippen LogP contribution in [0.4, 0.5) is 5.13 Å². The second-order valence-corrected chi connectivity index (χ2v) is 8.01. The number of pyridine rings is 1. The van der Waals surface area contributed by atoms with Gasteiger partial charge >= 0.3 is 0 Å². The molecule has 4 rings (SSSR count). The first kappa shape index (κ1) is 18.1. The zero-order valence-corrected chi connectivity index (χ0v) is 16.2. The molecule has 5 nitrogen and oxygen atoms in total. The number of anilines is 1. The van der Waals surface area contributed by atoms with E-state index in [9.17, 15) is 4.79 Å². The molecule has 0 aliphatic carbocycles. The lowest BCUT2D eigenvalue weighted by Gasteiger charge is -2.20. The topological polar surface area (TPSA) is 66.9 Å². The lowest BCUT2D eigenvalue weighted by Crippen LogP contribution is -2.26. The lowest BCUT2D eigenvalue weighted by atomic mass is 9.97. The van der Waals surface area contributed by atoms with E-state index in [0.717, 1.165) is 37.1 Å². The van der Waals surface area contributed by atoms with Gasteiger partial charge in [0.2, 0.25) is 0 Å². The maximum absolute atomic E-state index is 12.6. The molecule has 0 spiro atoms. The van der Waals surface area contributed by atoms with Crippen LogP contribution in [0.2, 0.25) is 5.02 Å². The predicted octanol–water partition coefficient (Wildman–Crippen LogP) is 4.58. The molecular formula is C20H19ClN4OS. The Morgan fingerprint density at radius 1 is 1.11 bits per heavy atom. The van der Waals surface area contributed by atoms with E-state index in [1.165, 1.54) is 4.88 Å². The quantitative estimate of drug-likeness (QED) is 0.675. The van der Waals surface area contributed by atoms with Gasteiger partial charge in [0.25, 0.3) is 5.91 Å². The monoisotopic (exact) mass is 398 g/mol. The number of piperidine rings is 1. The van der Waals surface area contributed by atoms with Gasteiger partial charge in [0.05, 0.1) is 5.56 Å². The summed E-state index contributed by atoms with van der Waals surface area (Å²) in [7, 11) is 0. The molecule has 1 amide bonds. The van der Waals surface area contributed by atoms with Gasteiger partial charge in [0.1, 0.15) is 0 Å². The van der Waals surface area contributed by atoms with E-state index in [0.29, 0.717) is 21.6 Å². The van der Waals surface area contributed by atoms with Gasteiger partial charge in [0.15, 0.2) is 5.13 Å². The molecule has 0 saturated carbocycles. The summed E-state index contributed by atoms with van der Waals surface area (Å²) in [4.78, 5) is 22.4. The van der Waals surface area contributed by atoms with Crippen LogP contribution in [0, 0.1) is 0 Å². The van der Waals surface area contributed by atoms with Gasteiger partial charge in [0, 0.05) is 34.1 Å². The van der Waals surface area contributed by atoms with Crippen LogP contribution in [-0.4, -0.2) is 29.0 Å². The van der Waals surface area contributed by atoms with Crippen molar-refractivity contribution in [3.63, 3.8) is 0 Å². The van der Waals surface area contributed by atoms with Gasteiger partial charge in [-0.05, 0) is 55.6 Å². The van der Waals surface area contributed by atoms with Gasteiger partial charge in [-0.15, -0.1) is 11.3 Å². The molecule has 1 aliphatic heterocycles. The third-order valence-corrected chi connectivity index (χ3v) is 5.99. The second kappa shape index (κ2) is 8.17. The molecule has 138 valence electrons. The van der Waals surface area contributed by atoms with Crippen LogP contribution in [0.1, 0.15) is 34.0 Å². The van der Waals surface area contributed by atoms with Gasteiger partial charge in [-0.25, -0.2) is 4.98 Å². The minimum Gasteiger partial charge on any atom is -0.317 e. The number of hydrogen-bond donors (Lipinski definition) is 2. The van der Waals surface area contributed by atoms with Crippen LogP contribution < -0.4 is 10.6 Å². The van der Waals surface area contributed by atoms with Crippen molar-refractivity contribution in [2.45, 2.75) is 18.8 Å². The number of aromatic nitrogens is 2. The number of hydrogen-bond acceptors (Lipinski definition) is 5. The van der Waals surface area contributed by atoms with E-state index in [1.807, 2.05) is 36.5 Å². The molecule has 0 unspecified atom stereocenters. The summed E-state index contributed by atoms with van der Waals surface area (Å²) in [5, 5.41) is 7.57. The summed E-state index contributed by atoms with van der Waals surface area (Å²) in [6.45, 7) is 2.07. The predicted molar refractivity (Wildman–Crippen MR) is 110 cm³/mol. The van der Waals surface area contributed by atoms with Crippen molar-refractivity contribution in [3.05, 3.63) is 64.4 Å². The van der Waals surface area contributed by atoms with E-state index in [-0.39, 0.29) is 5.91 Å². The highest BCUT2D eigenvalue weighted by molar-refractivity contribution is 7.15. The van der Waals surface area contributed by atoms with E-state index in [1.54, 1.807) is 23.7 Å². The average molecular weight is 399 g/mol. The fraction of sp³-hybridized carbons (Fsp3) is 0.250. The number of amides is 1. The van der Waals surface area contributed by atoms with Crippen LogP contribution in [0.5, 0.6) is 0 Å². The van der Waals surface area contributed by atoms with Crippen molar-refractivity contribution >= 4 is 34.0 Å². The molecule has 0 bridgehead atoms. The van der Waals surface area contributed by atoms with Crippen molar-refractivity contribution < 1.29 is 4.79 Å². The van der Waals surface area contributed by atoms with Crippen LogP contribution in [0.25, 0.3) is 11.1 Å². The molecule has 2 aromatic heterocycles. The molecule has 3 aromatic rings. The van der Waals surface area contributed by atoms with Crippen molar-refractivity contribution in [2.75, 3.05) is 18.4 Å². The zero-order chi connectivity index (χ0) is 18.6. The highest BCUT2D eigenvalue weighted by Gasteiger charge is 2.18.